The molecule has 1 saturated heterocycles. The molecule has 140 valence electrons. The summed E-state index contributed by atoms with van der Waals surface area (Å²) in [7, 11) is 0. The van der Waals surface area contributed by atoms with Crippen LogP contribution < -0.4 is 0 Å². The predicted molar refractivity (Wildman–Crippen MR) is 104 cm³/mol. The van der Waals surface area contributed by atoms with E-state index >= 15 is 0 Å². The number of carbonyl (C=O) groups excluding carboxylic acids is 1. The highest BCUT2D eigenvalue weighted by Crippen LogP contribution is 2.32. The number of rotatable bonds is 4. The molecule has 6 heteroatoms. The average molecular weight is 421 g/mol. The first kappa shape index (κ1) is 18.0. The SMILES string of the molecule is CC(OCC1CCCCO1)C(=O)N1CCc2[nH]c3c(Br)cccc3c2C1. The third-order valence-electron chi connectivity index (χ3n) is 5.43. The fourth-order valence-electron chi connectivity index (χ4n) is 3.91. The largest absolute Gasteiger partial charge is 0.376 e. The number of para-hydroxylation sites is 1. The van der Waals surface area contributed by atoms with Crippen LogP contribution in [-0.4, -0.2) is 47.8 Å². The van der Waals surface area contributed by atoms with Crippen LogP contribution in [0.1, 0.15) is 37.4 Å². The number of aromatic nitrogens is 1. The number of H-pyrrole nitrogens is 1. The minimum atomic E-state index is -0.431. The van der Waals surface area contributed by atoms with Crippen LogP contribution in [0.5, 0.6) is 0 Å². The van der Waals surface area contributed by atoms with Gasteiger partial charge < -0.3 is 19.4 Å². The maximum atomic E-state index is 12.8. The van der Waals surface area contributed by atoms with E-state index in [1.807, 2.05) is 24.0 Å². The van der Waals surface area contributed by atoms with Crippen LogP contribution in [0.3, 0.4) is 0 Å². The molecule has 2 unspecified atom stereocenters. The van der Waals surface area contributed by atoms with Crippen LogP contribution in [0.25, 0.3) is 10.9 Å². The molecule has 0 bridgehead atoms. The van der Waals surface area contributed by atoms with E-state index in [0.717, 1.165) is 42.4 Å². The molecule has 1 aromatic carbocycles. The molecule has 5 nitrogen and oxygen atoms in total. The number of hydrogen-bond donors (Lipinski definition) is 1. The van der Waals surface area contributed by atoms with Gasteiger partial charge in [-0.15, -0.1) is 0 Å². The number of aromatic amines is 1. The second kappa shape index (κ2) is 7.71. The monoisotopic (exact) mass is 420 g/mol. The smallest absolute Gasteiger partial charge is 0.251 e. The summed E-state index contributed by atoms with van der Waals surface area (Å²) in [5.41, 5.74) is 3.58. The molecule has 3 heterocycles. The normalized spacial score (nSPS) is 21.6. The highest BCUT2D eigenvalue weighted by atomic mass is 79.9. The third kappa shape index (κ3) is 3.55. The Bertz CT molecular complexity index is 798. The molecule has 0 radical (unpaired) electrons. The standard InChI is InChI=1S/C20H25BrN2O3/c1-13(26-12-14-5-2-3-10-25-14)20(24)23-9-8-18-16(11-23)15-6-4-7-17(21)19(15)22-18/h4,6-7,13-14,22H,2-3,5,8-12H2,1H3. The molecular weight excluding hydrogens is 396 g/mol. The number of nitrogens with one attached hydrogen (secondary N) is 1. The molecule has 0 spiro atoms. The first-order valence-corrected chi connectivity index (χ1v) is 10.2. The van der Waals surface area contributed by atoms with E-state index in [0.29, 0.717) is 13.2 Å². The van der Waals surface area contributed by atoms with Gasteiger partial charge in [0.2, 0.25) is 0 Å². The molecular formula is C20H25BrN2O3. The van der Waals surface area contributed by atoms with Crippen molar-refractivity contribution in [2.45, 2.75) is 51.4 Å². The zero-order chi connectivity index (χ0) is 18.1. The van der Waals surface area contributed by atoms with Crippen LogP contribution in [0.2, 0.25) is 0 Å². The maximum absolute atomic E-state index is 12.8. The van der Waals surface area contributed by atoms with Gasteiger partial charge in [0.15, 0.2) is 0 Å². The maximum Gasteiger partial charge on any atom is 0.251 e. The highest BCUT2D eigenvalue weighted by Gasteiger charge is 2.28. The van der Waals surface area contributed by atoms with Crippen LogP contribution in [-0.2, 0) is 27.2 Å². The quantitative estimate of drug-likeness (QED) is 0.818. The van der Waals surface area contributed by atoms with Crippen molar-refractivity contribution >= 4 is 32.7 Å². The lowest BCUT2D eigenvalue weighted by atomic mass is 10.0. The van der Waals surface area contributed by atoms with Crippen molar-refractivity contribution < 1.29 is 14.3 Å². The van der Waals surface area contributed by atoms with E-state index in [1.165, 1.54) is 23.1 Å². The highest BCUT2D eigenvalue weighted by molar-refractivity contribution is 9.10. The van der Waals surface area contributed by atoms with E-state index < -0.39 is 6.10 Å². The summed E-state index contributed by atoms with van der Waals surface area (Å²) in [5, 5.41) is 1.19. The van der Waals surface area contributed by atoms with E-state index in [2.05, 4.69) is 27.0 Å². The summed E-state index contributed by atoms with van der Waals surface area (Å²) < 4.78 is 12.6. The van der Waals surface area contributed by atoms with Gasteiger partial charge in [-0.1, -0.05) is 12.1 Å². The summed E-state index contributed by atoms with van der Waals surface area (Å²) in [6.45, 7) is 4.53. The Morgan fingerprint density at radius 1 is 1.46 bits per heavy atom. The van der Waals surface area contributed by atoms with Gasteiger partial charge in [0.25, 0.3) is 5.91 Å². The van der Waals surface area contributed by atoms with Gasteiger partial charge in [0.1, 0.15) is 6.10 Å². The van der Waals surface area contributed by atoms with Crippen LogP contribution in [0.4, 0.5) is 0 Å². The van der Waals surface area contributed by atoms with E-state index in [1.54, 1.807) is 0 Å². The molecule has 2 aliphatic heterocycles. The minimum absolute atomic E-state index is 0.0656. The van der Waals surface area contributed by atoms with Gasteiger partial charge >= 0.3 is 0 Å². The molecule has 0 saturated carbocycles. The van der Waals surface area contributed by atoms with Gasteiger partial charge in [-0.05, 0) is 48.2 Å². The van der Waals surface area contributed by atoms with Gasteiger partial charge in [0.05, 0.1) is 18.2 Å². The minimum Gasteiger partial charge on any atom is -0.376 e. The summed E-state index contributed by atoms with van der Waals surface area (Å²) in [6, 6.07) is 6.19. The van der Waals surface area contributed by atoms with Crippen molar-refractivity contribution in [3.63, 3.8) is 0 Å². The molecule has 26 heavy (non-hydrogen) atoms. The Hall–Kier alpha value is -1.37. The van der Waals surface area contributed by atoms with Crippen molar-refractivity contribution in [2.75, 3.05) is 19.8 Å². The van der Waals surface area contributed by atoms with Crippen LogP contribution >= 0.6 is 15.9 Å². The molecule has 1 fully saturated rings. The fraction of sp³-hybridized carbons (Fsp3) is 0.550. The predicted octanol–water partition coefficient (Wildman–Crippen LogP) is 3.79. The molecule has 2 atom stereocenters. The molecule has 1 aromatic heterocycles. The number of amides is 1. The number of halogens is 1. The number of carbonyl (C=O) groups is 1. The van der Waals surface area contributed by atoms with Crippen molar-refractivity contribution in [1.29, 1.82) is 0 Å². The van der Waals surface area contributed by atoms with Crippen molar-refractivity contribution in [3.8, 4) is 0 Å². The van der Waals surface area contributed by atoms with E-state index in [4.69, 9.17) is 9.47 Å². The Labute approximate surface area is 162 Å². The lowest BCUT2D eigenvalue weighted by molar-refractivity contribution is -0.147. The lowest BCUT2D eigenvalue weighted by Gasteiger charge is -2.30. The first-order valence-electron chi connectivity index (χ1n) is 9.43. The Morgan fingerprint density at radius 3 is 3.15 bits per heavy atom. The average Bonchev–Trinajstić information content (AvgIpc) is 3.06. The van der Waals surface area contributed by atoms with E-state index in [-0.39, 0.29) is 12.0 Å². The topological polar surface area (TPSA) is 54.6 Å². The van der Waals surface area contributed by atoms with Crippen molar-refractivity contribution in [2.24, 2.45) is 0 Å². The zero-order valence-corrected chi connectivity index (χ0v) is 16.7. The number of nitrogens with zero attached hydrogens (tertiary/aromatic N) is 1. The lowest BCUT2D eigenvalue weighted by Crippen LogP contribution is -2.42. The van der Waals surface area contributed by atoms with Gasteiger partial charge in [0, 0.05) is 47.2 Å². The molecule has 0 aliphatic carbocycles. The Balaban J connectivity index is 1.41. The van der Waals surface area contributed by atoms with E-state index in [9.17, 15) is 4.79 Å². The third-order valence-corrected chi connectivity index (χ3v) is 6.09. The summed E-state index contributed by atoms with van der Waals surface area (Å²) in [5.74, 6) is 0.0656. The van der Waals surface area contributed by atoms with Gasteiger partial charge in [-0.2, -0.15) is 0 Å². The second-order valence-corrected chi connectivity index (χ2v) is 8.07. The number of hydrogen-bond acceptors (Lipinski definition) is 3. The Kier molecular flexibility index (Phi) is 5.34. The number of ether oxygens (including phenoxy) is 2. The van der Waals surface area contributed by atoms with Gasteiger partial charge in [-0.3, -0.25) is 4.79 Å². The molecule has 1 N–H and O–H groups in total. The molecule has 2 aliphatic rings. The van der Waals surface area contributed by atoms with Gasteiger partial charge in [-0.25, -0.2) is 0 Å². The van der Waals surface area contributed by atoms with Crippen molar-refractivity contribution in [1.82, 2.24) is 9.88 Å². The molecule has 4 rings (SSSR count). The summed E-state index contributed by atoms with van der Waals surface area (Å²) >= 11 is 3.61. The van der Waals surface area contributed by atoms with Crippen molar-refractivity contribution in [3.05, 3.63) is 33.9 Å². The number of benzene rings is 1. The molecule has 2 aromatic rings. The van der Waals surface area contributed by atoms with Crippen LogP contribution in [0.15, 0.2) is 22.7 Å². The molecule has 1 amide bonds. The Morgan fingerprint density at radius 2 is 2.35 bits per heavy atom. The second-order valence-electron chi connectivity index (χ2n) is 7.22. The zero-order valence-electron chi connectivity index (χ0n) is 15.1. The first-order chi connectivity index (χ1) is 12.6. The fourth-order valence-corrected chi connectivity index (χ4v) is 4.37. The summed E-state index contributed by atoms with van der Waals surface area (Å²) in [6.07, 6.45) is 3.89. The summed E-state index contributed by atoms with van der Waals surface area (Å²) in [4.78, 5) is 18.3. The van der Waals surface area contributed by atoms with Crippen LogP contribution in [0, 0.1) is 0 Å². The number of fused-ring (bicyclic) bond motifs is 3.